The maximum absolute atomic E-state index is 15.0. The lowest BCUT2D eigenvalue weighted by molar-refractivity contribution is -0.149. The fourth-order valence-electron chi connectivity index (χ4n) is 10.7. The fourth-order valence-corrected chi connectivity index (χ4v) is 10.7. The number of rotatable bonds is 37. The Bertz CT molecular complexity index is 2510. The summed E-state index contributed by atoms with van der Waals surface area (Å²) in [4.78, 5) is 159. The molecule has 17 N–H and O–H groups in total. The van der Waals surface area contributed by atoms with Gasteiger partial charge in [0.1, 0.15) is 53.9 Å². The topological polar surface area (TPSA) is 427 Å². The van der Waals surface area contributed by atoms with Gasteiger partial charge in [0.2, 0.25) is 59.1 Å². The van der Waals surface area contributed by atoms with Gasteiger partial charge in [-0.3, -0.25) is 57.7 Å². The van der Waals surface area contributed by atoms with Crippen LogP contribution in [0.25, 0.3) is 0 Å². The quantitative estimate of drug-likeness (QED) is 0.0230. The molecule has 0 radical (unpaired) electrons. The number of primary amides is 1. The van der Waals surface area contributed by atoms with Gasteiger partial charge in [-0.15, -0.1) is 0 Å². The number of piperidine rings is 1. The standard InChI is InChI=1S/C60H101N15O12/c1-10-12-13-14-18-23-47(76)67-38(8)51(80)69-42(31-39-20-16-15-17-21-39)54(83)73-60(24-27-65-28-25-60)58(87)71-44(29-35(3)4)56(85)75-34-40(61)32-46(75)57(86)74(9)45(30-36(5)6)55(84)70-43(33-48(77)78)53(82)68-41(22-19-26-66-59(63)64)52(81)72-49(50(62)79)37(7)11-2/h15-17,20-21,35-38,40-46,49,65H,10-14,18-19,22-34,61H2,1-9H3,(H2,62,79)(H,67,76)(H,68,82)(H,69,80)(H,70,84)(H,71,87)(H,72,81)(H,73,83)(H,77,78)(H4,63,64,66)/t37-,38+,40+,41-,42-,43-,44-,45-,46-,49-/m0/s1. The van der Waals surface area contributed by atoms with E-state index in [0.717, 1.165) is 30.6 Å². The van der Waals surface area contributed by atoms with Crippen molar-refractivity contribution in [2.45, 2.75) is 218 Å². The van der Waals surface area contributed by atoms with E-state index < -0.39 is 131 Å². The van der Waals surface area contributed by atoms with E-state index >= 15 is 4.79 Å². The number of nitrogens with two attached hydrogens (primary N) is 4. The van der Waals surface area contributed by atoms with Gasteiger partial charge in [0, 0.05) is 39.0 Å². The SMILES string of the molecule is CCCCCCCC(=O)N[C@H](C)C(=O)N[C@@H](Cc1ccccc1)C(=O)NC1(C(=O)N[C@@H](CC(C)C)C(=O)N2C[C@H](N)C[C@H]2C(=O)N(C)[C@@H](CC(C)C)C(=O)N[C@@H](CC(=O)O)C(=O)N[C@@H](CCCN=C(N)N)C(=O)N[C@H](C(N)=O)[C@@H](C)CC)CCNCC1. The third kappa shape index (κ3) is 24.3. The first-order valence-corrected chi connectivity index (χ1v) is 30.8. The molecular weight excluding hydrogens is 1120 g/mol. The van der Waals surface area contributed by atoms with Gasteiger partial charge >= 0.3 is 5.97 Å². The van der Waals surface area contributed by atoms with E-state index in [4.69, 9.17) is 22.9 Å². The van der Waals surface area contributed by atoms with E-state index in [1.165, 1.54) is 18.9 Å². The summed E-state index contributed by atoms with van der Waals surface area (Å²) in [6, 6.07) is -2.06. The first kappa shape index (κ1) is 73.8. The molecule has 27 heteroatoms. The number of carbonyl (C=O) groups is 11. The van der Waals surface area contributed by atoms with E-state index in [1.807, 2.05) is 19.9 Å². The van der Waals surface area contributed by atoms with E-state index in [1.54, 1.807) is 52.0 Å². The Morgan fingerprint density at radius 2 is 1.33 bits per heavy atom. The number of carboxylic acids is 1. The zero-order valence-electron chi connectivity index (χ0n) is 52.5. The van der Waals surface area contributed by atoms with Crippen molar-refractivity contribution >= 4 is 71.0 Å². The smallest absolute Gasteiger partial charge is 0.305 e. The highest BCUT2D eigenvalue weighted by molar-refractivity contribution is 6.00. The fraction of sp³-hybridized carbons (Fsp3) is 0.700. The second-order valence-electron chi connectivity index (χ2n) is 24.2. The molecule has 10 amide bonds. The molecule has 87 heavy (non-hydrogen) atoms. The predicted octanol–water partition coefficient (Wildman–Crippen LogP) is -0.336. The zero-order valence-corrected chi connectivity index (χ0v) is 52.5. The van der Waals surface area contributed by atoms with Gasteiger partial charge in [-0.2, -0.15) is 0 Å². The third-order valence-corrected chi connectivity index (χ3v) is 15.9. The molecule has 488 valence electrons. The van der Waals surface area contributed by atoms with Gasteiger partial charge in [0.05, 0.1) is 6.42 Å². The van der Waals surface area contributed by atoms with Crippen LogP contribution in [0.1, 0.15) is 157 Å². The number of carboxylic acid groups (broad SMARTS) is 1. The van der Waals surface area contributed by atoms with Crippen molar-refractivity contribution in [3.8, 4) is 0 Å². The number of likely N-dealkylation sites (N-methyl/N-ethyl adjacent to an activating group) is 1. The van der Waals surface area contributed by atoms with Crippen LogP contribution in [0.5, 0.6) is 0 Å². The lowest BCUT2D eigenvalue weighted by Crippen LogP contribution is -2.67. The van der Waals surface area contributed by atoms with Gasteiger partial charge < -0.3 is 80.4 Å². The number of amides is 10. The molecule has 0 bridgehead atoms. The second-order valence-corrected chi connectivity index (χ2v) is 24.2. The number of carbonyl (C=O) groups excluding carboxylic acids is 10. The lowest BCUT2D eigenvalue weighted by Gasteiger charge is -2.40. The normalized spacial score (nSPS) is 18.2. The molecule has 0 saturated carbocycles. The van der Waals surface area contributed by atoms with Crippen LogP contribution in [-0.4, -0.2) is 179 Å². The van der Waals surface area contributed by atoms with Crippen LogP contribution < -0.4 is 65.5 Å². The molecule has 2 fully saturated rings. The Hall–Kier alpha value is -7.42. The van der Waals surface area contributed by atoms with Crippen LogP contribution in [0.2, 0.25) is 0 Å². The Balaban J connectivity index is 1.92. The molecule has 0 aromatic heterocycles. The Kier molecular flexibility index (Phi) is 31.1. The number of guanidine groups is 1. The molecule has 2 aliphatic heterocycles. The van der Waals surface area contributed by atoms with Crippen molar-refractivity contribution in [2.75, 3.05) is 33.2 Å². The number of aliphatic imine (C=N–C) groups is 1. The number of hydrogen-bond donors (Lipinski definition) is 13. The molecule has 0 unspecified atom stereocenters. The highest BCUT2D eigenvalue weighted by Crippen LogP contribution is 2.26. The summed E-state index contributed by atoms with van der Waals surface area (Å²) in [5.41, 5.74) is 22.2. The monoisotopic (exact) mass is 1220 g/mol. The number of nitrogens with zero attached hydrogens (tertiary/aromatic N) is 3. The average molecular weight is 1220 g/mol. The minimum absolute atomic E-state index is 0.00155. The van der Waals surface area contributed by atoms with Crippen molar-refractivity contribution in [1.29, 1.82) is 0 Å². The van der Waals surface area contributed by atoms with Crippen LogP contribution in [0, 0.1) is 17.8 Å². The summed E-state index contributed by atoms with van der Waals surface area (Å²) in [5, 5.41) is 32.2. The number of hydrogen-bond acceptors (Lipinski definition) is 14. The molecule has 27 nitrogen and oxygen atoms in total. The van der Waals surface area contributed by atoms with E-state index in [9.17, 15) is 53.1 Å². The van der Waals surface area contributed by atoms with E-state index in [2.05, 4.69) is 54.5 Å². The minimum Gasteiger partial charge on any atom is -0.481 e. The Labute approximate surface area is 512 Å². The molecule has 2 saturated heterocycles. The summed E-state index contributed by atoms with van der Waals surface area (Å²) < 4.78 is 0. The van der Waals surface area contributed by atoms with E-state index in [0.29, 0.717) is 31.5 Å². The largest absolute Gasteiger partial charge is 0.481 e. The molecule has 10 atom stereocenters. The number of unbranched alkanes of at least 4 members (excludes halogenated alkanes) is 4. The van der Waals surface area contributed by atoms with Crippen LogP contribution in [0.3, 0.4) is 0 Å². The van der Waals surface area contributed by atoms with Gasteiger partial charge in [-0.1, -0.05) is 111 Å². The first-order valence-electron chi connectivity index (χ1n) is 30.8. The third-order valence-electron chi connectivity index (χ3n) is 15.9. The predicted molar refractivity (Wildman–Crippen MR) is 328 cm³/mol. The van der Waals surface area contributed by atoms with Crippen molar-refractivity contribution < 1.29 is 57.8 Å². The lowest BCUT2D eigenvalue weighted by atomic mass is 9.85. The van der Waals surface area contributed by atoms with E-state index in [-0.39, 0.29) is 94.6 Å². The van der Waals surface area contributed by atoms with Crippen molar-refractivity contribution in [2.24, 2.45) is 45.7 Å². The molecule has 2 heterocycles. The van der Waals surface area contributed by atoms with Gasteiger partial charge in [-0.25, -0.2) is 0 Å². The Morgan fingerprint density at radius 3 is 1.92 bits per heavy atom. The number of nitrogens with one attached hydrogen (secondary N) is 8. The summed E-state index contributed by atoms with van der Waals surface area (Å²) in [6.07, 6.45) is 4.82. The average Bonchev–Trinajstić information content (AvgIpc) is 2.13. The maximum Gasteiger partial charge on any atom is 0.305 e. The molecular formula is C60H101N15O12. The number of aliphatic carboxylic acids is 1. The highest BCUT2D eigenvalue weighted by atomic mass is 16.4. The number of benzene rings is 1. The molecule has 3 rings (SSSR count). The highest BCUT2D eigenvalue weighted by Gasteiger charge is 2.48. The van der Waals surface area contributed by atoms with Crippen LogP contribution in [0.15, 0.2) is 35.3 Å². The number of likely N-dealkylation sites (tertiary alicyclic amines) is 1. The zero-order chi connectivity index (χ0) is 65.1. The first-order chi connectivity index (χ1) is 41.0. The van der Waals surface area contributed by atoms with Gasteiger partial charge in [0.15, 0.2) is 5.96 Å². The summed E-state index contributed by atoms with van der Waals surface area (Å²) in [7, 11) is 1.34. The Morgan fingerprint density at radius 1 is 0.724 bits per heavy atom. The van der Waals surface area contributed by atoms with Crippen LogP contribution >= 0.6 is 0 Å². The second kappa shape index (κ2) is 36.7. The minimum atomic E-state index is -1.79. The molecule has 1 aromatic carbocycles. The van der Waals surface area contributed by atoms with Crippen LogP contribution in [-0.2, 0) is 59.2 Å². The molecule has 2 aliphatic rings. The van der Waals surface area contributed by atoms with Crippen LogP contribution in [0.4, 0.5) is 0 Å². The van der Waals surface area contributed by atoms with Crippen molar-refractivity contribution in [1.82, 2.24) is 52.3 Å². The van der Waals surface area contributed by atoms with Gasteiger partial charge in [-0.05, 0) is 94.7 Å². The summed E-state index contributed by atoms with van der Waals surface area (Å²) in [5.74, 6) is -9.77. The van der Waals surface area contributed by atoms with Crippen molar-refractivity contribution in [3.05, 3.63) is 35.9 Å². The molecule has 0 spiro atoms. The maximum atomic E-state index is 15.0. The summed E-state index contributed by atoms with van der Waals surface area (Å²) in [6.45, 7) is 14.9. The van der Waals surface area contributed by atoms with Gasteiger partial charge in [0.25, 0.3) is 0 Å². The van der Waals surface area contributed by atoms with Crippen molar-refractivity contribution in [3.63, 3.8) is 0 Å². The molecule has 1 aromatic rings. The molecule has 0 aliphatic carbocycles. The summed E-state index contributed by atoms with van der Waals surface area (Å²) >= 11 is 0.